The van der Waals surface area contributed by atoms with Crippen LogP contribution in [0.2, 0.25) is 5.02 Å². The number of nitrogens with zero attached hydrogens (tertiary/aromatic N) is 6. The summed E-state index contributed by atoms with van der Waals surface area (Å²) in [6.07, 6.45) is -13.9. The number of pyridine rings is 1. The minimum absolute atomic E-state index is 0.0436. The number of halogens is 11. The second-order valence-corrected chi connectivity index (χ2v) is 35.9. The maximum atomic E-state index is 15.9. The lowest BCUT2D eigenvalue weighted by molar-refractivity contribution is -0.154. The lowest BCUT2D eigenvalue weighted by atomic mass is 9.77. The molecule has 0 saturated heterocycles. The summed E-state index contributed by atoms with van der Waals surface area (Å²) in [4.78, 5) is 63.8. The van der Waals surface area contributed by atoms with E-state index in [1.807, 2.05) is 0 Å². The predicted octanol–water partition coefficient (Wildman–Crippen LogP) is 14.8. The van der Waals surface area contributed by atoms with Crippen LogP contribution >= 0.6 is 19.4 Å². The van der Waals surface area contributed by atoms with Gasteiger partial charge in [-0.05, 0) is 160 Å². The first kappa shape index (κ1) is 82.6. The third kappa shape index (κ3) is 18.8. The number of phosphoric ester groups is 1. The highest BCUT2D eigenvalue weighted by Crippen LogP contribution is 2.68. The molecule has 21 nitrogen and oxygen atoms in total. The summed E-state index contributed by atoms with van der Waals surface area (Å²) in [5, 5.41) is 11.7. The van der Waals surface area contributed by atoms with Crippen LogP contribution in [-0.2, 0) is 102 Å². The summed E-state index contributed by atoms with van der Waals surface area (Å²) in [6.45, 7) is 15.7. The van der Waals surface area contributed by atoms with E-state index in [9.17, 15) is 49.0 Å². The van der Waals surface area contributed by atoms with Crippen LogP contribution in [0.5, 0.6) is 5.75 Å². The van der Waals surface area contributed by atoms with E-state index in [-0.39, 0.29) is 48.0 Å². The minimum atomic E-state index is -5.29. The number of fused-ring (bicyclic) bond motifs is 4. The van der Waals surface area contributed by atoms with Gasteiger partial charge in [0.1, 0.15) is 52.2 Å². The molecule has 1 saturated carbocycles. The Morgan fingerprint density at radius 2 is 1.41 bits per heavy atom. The standard InChI is InChI=1S/C72H78ClF10N8O13PS2/c1-38(2)102-105(96,103-39(3)4)104-53-31-42(65(95)86-69(12,13)43-19-17-16-18-20-43)30-41(32-56(94)101-66(5,6)7)59(53)67(8,9)35-55(93)91(107(15,99)100)64-58-51(73)24-23-48(61(58)90(88-64)37-70(76,77)78)47-22-21-46(25-26-68(10,11)106(14,97)98)84-60(47)52(29-40-27-44(74)33-45(75)28-40)85-54(92)36-89-63-57(62(87-89)72(81,82)83)49-34-50(49)71(63,79)80/h16-24,27-28,30-31,33,38-39,49-50,52H,29,32,34-37H2,1-15H3,(H,85,92)(H,86,95)/t49-,50+,52-/m0/s1. The first-order chi connectivity index (χ1) is 49.0. The topological polar surface area (TPSA) is 266 Å². The largest absolute Gasteiger partial charge is 0.530 e. The van der Waals surface area contributed by atoms with E-state index < -0.39 is 226 Å². The summed E-state index contributed by atoms with van der Waals surface area (Å²) in [5.41, 5.74) is -10.6. The highest BCUT2D eigenvalue weighted by atomic mass is 35.5. The van der Waals surface area contributed by atoms with Crippen molar-refractivity contribution in [2.45, 2.75) is 193 Å². The zero-order chi connectivity index (χ0) is 79.8. The van der Waals surface area contributed by atoms with Gasteiger partial charge in [0.2, 0.25) is 21.8 Å². The summed E-state index contributed by atoms with van der Waals surface area (Å²) in [6, 6.07) is 15.6. The number of esters is 1. The van der Waals surface area contributed by atoms with Gasteiger partial charge in [-0.15, -0.1) is 0 Å². The predicted molar refractivity (Wildman–Crippen MR) is 376 cm³/mol. The Kier molecular flexibility index (Phi) is 22.8. The number of hydrogen-bond donors (Lipinski definition) is 2. The number of hydrogen-bond acceptors (Lipinski definition) is 16. The molecule has 0 spiro atoms. The van der Waals surface area contributed by atoms with Crippen molar-refractivity contribution in [3.8, 4) is 28.7 Å². The molecule has 3 heterocycles. The Morgan fingerprint density at radius 1 is 0.804 bits per heavy atom. The fourth-order valence-electron chi connectivity index (χ4n) is 12.7. The van der Waals surface area contributed by atoms with Crippen LogP contribution in [0.1, 0.15) is 176 Å². The number of benzene rings is 4. The van der Waals surface area contributed by atoms with Gasteiger partial charge in [-0.1, -0.05) is 67.8 Å². The van der Waals surface area contributed by atoms with Crippen molar-refractivity contribution in [2.24, 2.45) is 5.92 Å². The minimum Gasteiger partial charge on any atom is -0.460 e. The number of sulfone groups is 1. The molecule has 7 aromatic rings. The molecule has 3 atom stereocenters. The third-order valence-corrected chi connectivity index (χ3v) is 22.4. The first-order valence-electron chi connectivity index (χ1n) is 33.3. The van der Waals surface area contributed by atoms with Gasteiger partial charge in [-0.3, -0.25) is 37.6 Å². The molecule has 9 rings (SSSR count). The smallest absolute Gasteiger partial charge is 0.460 e. The summed E-state index contributed by atoms with van der Waals surface area (Å²) < 4.78 is 244. The molecule has 0 unspecified atom stereocenters. The molecular formula is C72H78ClF10N8O13PS2. The van der Waals surface area contributed by atoms with Crippen LogP contribution in [0.15, 0.2) is 84.9 Å². The van der Waals surface area contributed by atoms with E-state index >= 15 is 35.5 Å². The highest BCUT2D eigenvalue weighted by molar-refractivity contribution is 7.93. The number of phosphoric acid groups is 1. The Morgan fingerprint density at radius 3 is 1.97 bits per heavy atom. The number of anilines is 1. The average Bonchev–Trinajstić information content (AvgIpc) is 1.52. The highest BCUT2D eigenvalue weighted by Gasteiger charge is 2.68. The fraction of sp³-hybridized carbons (Fsp3) is 0.458. The van der Waals surface area contributed by atoms with E-state index in [1.54, 1.807) is 65.0 Å². The maximum absolute atomic E-state index is 15.9. The van der Waals surface area contributed by atoms with E-state index in [1.165, 1.54) is 61.5 Å². The number of amides is 3. The van der Waals surface area contributed by atoms with E-state index in [0.717, 1.165) is 48.7 Å². The molecule has 1 fully saturated rings. The van der Waals surface area contributed by atoms with Gasteiger partial charge in [0, 0.05) is 57.9 Å². The van der Waals surface area contributed by atoms with Gasteiger partial charge < -0.3 is 19.9 Å². The molecule has 3 aromatic heterocycles. The van der Waals surface area contributed by atoms with Gasteiger partial charge in [0.15, 0.2) is 21.3 Å². The zero-order valence-corrected chi connectivity index (χ0v) is 63.9. The Labute approximate surface area is 616 Å². The number of carbonyl (C=O) groups is 4. The summed E-state index contributed by atoms with van der Waals surface area (Å²) in [5.74, 6) is -10.1. The Bertz CT molecular complexity index is 5010. The Hall–Kier alpha value is -8.41. The zero-order valence-electron chi connectivity index (χ0n) is 60.6. The number of aromatic nitrogens is 5. The van der Waals surface area contributed by atoms with Gasteiger partial charge in [-0.25, -0.2) is 35.2 Å². The number of ether oxygens (including phenoxy) is 1. The molecular weight excluding hydrogens is 1510 g/mol. The average molecular weight is 1580 g/mol. The molecule has 2 aliphatic rings. The maximum Gasteiger partial charge on any atom is 0.530 e. The number of alkyl halides is 8. The molecule has 0 aliphatic heterocycles. The lowest BCUT2D eigenvalue weighted by Crippen LogP contribution is -2.41. The van der Waals surface area contributed by atoms with Gasteiger partial charge in [0.25, 0.3) is 11.8 Å². The second kappa shape index (κ2) is 29.5. The monoisotopic (exact) mass is 1580 g/mol. The van der Waals surface area contributed by atoms with Crippen molar-refractivity contribution in [1.82, 2.24) is 35.2 Å². The molecule has 0 radical (unpaired) electrons. The molecule has 2 N–H and O–H groups in total. The van der Waals surface area contributed by atoms with Crippen LogP contribution < -0.4 is 19.5 Å². The SMILES string of the molecule is CC(C)OP(=O)(Oc1cc(C(=O)NC(C)(C)c2ccccc2)cc(CC(=O)OC(C)(C)C)c1C(C)(C)CC(=O)N(c1nn(CC(F)(F)F)c2c(-c3ccc(C#CC(C)(C)S(C)(=O)=O)nc3[C@H](Cc3cc(F)cc(F)c3)NC(=O)Cn3nc(C(F)(F)F)c4c3C(F)(F)[C@@H]3C[C@H]43)ccc(Cl)c12)S(C)(=O)=O)OC(C)C. The number of carbonyl (C=O) groups excluding carboxylic acids is 4. The van der Waals surface area contributed by atoms with Crippen molar-refractivity contribution in [3.05, 3.63) is 158 Å². The van der Waals surface area contributed by atoms with Crippen molar-refractivity contribution >= 4 is 79.7 Å². The number of sulfonamides is 1. The van der Waals surface area contributed by atoms with Crippen LogP contribution in [-0.4, -0.2) is 106 Å². The van der Waals surface area contributed by atoms with E-state index in [2.05, 4.69) is 37.7 Å². The molecule has 107 heavy (non-hydrogen) atoms. The van der Waals surface area contributed by atoms with Crippen molar-refractivity contribution in [2.75, 3.05) is 16.8 Å². The molecule has 35 heteroatoms. The van der Waals surface area contributed by atoms with Gasteiger partial charge >= 0.3 is 26.1 Å². The first-order valence-corrected chi connectivity index (χ1v) is 38.8. The van der Waals surface area contributed by atoms with Crippen LogP contribution in [0, 0.1) is 29.4 Å². The second-order valence-electron chi connectivity index (χ2n) is 29.6. The van der Waals surface area contributed by atoms with Crippen LogP contribution in [0.25, 0.3) is 22.0 Å². The number of nitrogens with one attached hydrogen (secondary N) is 2. The third-order valence-electron chi connectivity index (χ3n) is 17.3. The lowest BCUT2D eigenvalue weighted by Gasteiger charge is -2.33. The van der Waals surface area contributed by atoms with E-state index in [4.69, 9.17) is 29.9 Å². The van der Waals surface area contributed by atoms with Crippen LogP contribution in [0.3, 0.4) is 0 Å². The molecule has 0 bridgehead atoms. The van der Waals surface area contributed by atoms with E-state index in [0.29, 0.717) is 17.9 Å². The van der Waals surface area contributed by atoms with Gasteiger partial charge in [0.05, 0.1) is 58.1 Å². The van der Waals surface area contributed by atoms with Crippen molar-refractivity contribution in [3.63, 3.8) is 0 Å². The van der Waals surface area contributed by atoms with Crippen LogP contribution in [0.4, 0.5) is 49.7 Å². The quantitative estimate of drug-likeness (QED) is 0.0233. The summed E-state index contributed by atoms with van der Waals surface area (Å²) >= 11 is 7.00. The van der Waals surface area contributed by atoms with Crippen molar-refractivity contribution < 1.29 is 103 Å². The summed E-state index contributed by atoms with van der Waals surface area (Å²) in [7, 11) is -14.1. The molecule has 578 valence electrons. The molecule has 3 amide bonds. The normalized spacial score (nSPS) is 15.9. The van der Waals surface area contributed by atoms with Crippen molar-refractivity contribution in [1.29, 1.82) is 0 Å². The fourth-order valence-corrected chi connectivity index (χ4v) is 15.6. The molecule has 2 aliphatic carbocycles. The number of rotatable bonds is 25. The Balaban J connectivity index is 1.26. The van der Waals surface area contributed by atoms with Gasteiger partial charge in [-0.2, -0.15) is 49.6 Å². The molecule has 4 aromatic carbocycles.